The van der Waals surface area contributed by atoms with Gasteiger partial charge in [-0.2, -0.15) is 5.10 Å². The summed E-state index contributed by atoms with van der Waals surface area (Å²) in [6.45, 7) is 0. The molecule has 0 radical (unpaired) electrons. The number of hydrogen-bond acceptors (Lipinski definition) is 5. The van der Waals surface area contributed by atoms with Crippen molar-refractivity contribution in [3.05, 3.63) is 89.4 Å². The van der Waals surface area contributed by atoms with Crippen LogP contribution in [-0.4, -0.2) is 31.3 Å². The molecular weight excluding hydrogens is 450 g/mol. The van der Waals surface area contributed by atoms with Gasteiger partial charge in [-0.1, -0.05) is 35.9 Å². The molecule has 0 saturated carbocycles. The number of hydrogen-bond donors (Lipinski definition) is 1. The molecule has 0 bridgehead atoms. The first kappa shape index (κ1) is 21.8. The van der Waals surface area contributed by atoms with E-state index in [4.69, 9.17) is 26.6 Å². The van der Waals surface area contributed by atoms with Gasteiger partial charge >= 0.3 is 5.97 Å². The number of carbonyl (C=O) groups is 1. The topological polar surface area (TPSA) is 104 Å². The Labute approximate surface area is 190 Å². The van der Waals surface area contributed by atoms with Gasteiger partial charge in [-0.3, -0.25) is 0 Å². The van der Waals surface area contributed by atoms with Crippen molar-refractivity contribution in [2.24, 2.45) is 5.14 Å². The predicted molar refractivity (Wildman–Crippen MR) is 122 cm³/mol. The summed E-state index contributed by atoms with van der Waals surface area (Å²) in [4.78, 5) is 12.0. The number of esters is 1. The van der Waals surface area contributed by atoms with Gasteiger partial charge in [0, 0.05) is 16.1 Å². The molecule has 0 aliphatic rings. The number of carbonyl (C=O) groups excluding carboxylic acids is 1. The summed E-state index contributed by atoms with van der Waals surface area (Å²) in [5.41, 5.74) is 3.97. The Kier molecular flexibility index (Phi) is 5.84. The average Bonchev–Trinajstić information content (AvgIpc) is 3.24. The van der Waals surface area contributed by atoms with Crippen molar-refractivity contribution in [3.63, 3.8) is 0 Å². The van der Waals surface area contributed by atoms with Gasteiger partial charge in [-0.25, -0.2) is 23.0 Å². The van der Waals surface area contributed by atoms with Crippen LogP contribution in [-0.2, 0) is 14.8 Å². The molecule has 7 nitrogen and oxygen atoms in total. The van der Waals surface area contributed by atoms with Crippen LogP contribution in [0.1, 0.15) is 10.4 Å². The summed E-state index contributed by atoms with van der Waals surface area (Å²) in [5.74, 6) is -0.451. The second-order valence-corrected chi connectivity index (χ2v) is 8.94. The number of methoxy groups -OCH3 is 1. The Hall–Kier alpha value is -3.46. The monoisotopic (exact) mass is 467 g/mol. The largest absolute Gasteiger partial charge is 0.465 e. The highest BCUT2D eigenvalue weighted by molar-refractivity contribution is 7.89. The Morgan fingerprint density at radius 2 is 1.66 bits per heavy atom. The molecule has 162 valence electrons. The van der Waals surface area contributed by atoms with Crippen LogP contribution in [0.3, 0.4) is 0 Å². The molecule has 0 aliphatic heterocycles. The normalized spacial score (nSPS) is 11.3. The molecule has 0 fully saturated rings. The van der Waals surface area contributed by atoms with E-state index < -0.39 is 16.0 Å². The van der Waals surface area contributed by atoms with E-state index in [1.54, 1.807) is 47.1 Å². The average molecular weight is 468 g/mol. The van der Waals surface area contributed by atoms with Crippen molar-refractivity contribution >= 4 is 27.6 Å². The quantitative estimate of drug-likeness (QED) is 0.441. The van der Waals surface area contributed by atoms with E-state index in [0.717, 1.165) is 11.1 Å². The Morgan fingerprint density at radius 1 is 0.969 bits per heavy atom. The molecule has 0 atom stereocenters. The Balaban J connectivity index is 1.88. The summed E-state index contributed by atoms with van der Waals surface area (Å²) in [7, 11) is -2.49. The molecule has 9 heteroatoms. The third kappa shape index (κ3) is 4.43. The maximum Gasteiger partial charge on any atom is 0.337 e. The zero-order valence-electron chi connectivity index (χ0n) is 16.9. The van der Waals surface area contributed by atoms with Crippen LogP contribution in [0.15, 0.2) is 83.8 Å². The smallest absolute Gasteiger partial charge is 0.337 e. The molecule has 0 aliphatic carbocycles. The van der Waals surface area contributed by atoms with Crippen molar-refractivity contribution in [2.75, 3.05) is 7.11 Å². The first-order valence-corrected chi connectivity index (χ1v) is 11.4. The summed E-state index contributed by atoms with van der Waals surface area (Å²) in [5, 5.41) is 10.5. The van der Waals surface area contributed by atoms with Crippen molar-refractivity contribution < 1.29 is 17.9 Å². The second-order valence-electron chi connectivity index (χ2n) is 6.94. The molecule has 0 amide bonds. The standard InChI is InChI=1S/C23H18ClN3O4S/c1-31-23(28)17-4-2-3-16(13-17)22-14-21(15-5-7-18(24)8-6-15)26-27(22)19-9-11-20(12-10-19)32(25,29)30/h2-14H,1H3,(H2,25,29,30). The lowest BCUT2D eigenvalue weighted by Crippen LogP contribution is -2.12. The van der Waals surface area contributed by atoms with Crippen LogP contribution in [0, 0.1) is 0 Å². The number of halogens is 1. The number of aromatic nitrogens is 2. The van der Waals surface area contributed by atoms with Crippen LogP contribution >= 0.6 is 11.6 Å². The first-order chi connectivity index (χ1) is 15.3. The SMILES string of the molecule is COC(=O)c1cccc(-c2cc(-c3ccc(Cl)cc3)nn2-c2ccc(S(N)(=O)=O)cc2)c1. The predicted octanol–water partition coefficient (Wildman–Crippen LogP) is 4.29. The highest BCUT2D eigenvalue weighted by Crippen LogP contribution is 2.30. The van der Waals surface area contributed by atoms with Crippen LogP contribution in [0.4, 0.5) is 0 Å². The molecule has 0 spiro atoms. The number of primary sulfonamides is 1. The van der Waals surface area contributed by atoms with E-state index in [0.29, 0.717) is 27.7 Å². The molecule has 2 N–H and O–H groups in total. The molecule has 1 heterocycles. The van der Waals surface area contributed by atoms with Crippen LogP contribution in [0.2, 0.25) is 5.02 Å². The molecule has 0 saturated heterocycles. The van der Waals surface area contributed by atoms with E-state index >= 15 is 0 Å². The van der Waals surface area contributed by atoms with Gasteiger partial charge in [0.1, 0.15) is 0 Å². The fraction of sp³-hybridized carbons (Fsp3) is 0.0435. The maximum absolute atomic E-state index is 12.0. The van der Waals surface area contributed by atoms with Crippen LogP contribution in [0.25, 0.3) is 28.2 Å². The minimum absolute atomic E-state index is 0.000527. The lowest BCUT2D eigenvalue weighted by atomic mass is 10.1. The molecule has 0 unspecified atom stereocenters. The third-order valence-corrected chi connectivity index (χ3v) is 6.02. The molecule has 4 rings (SSSR count). The summed E-state index contributed by atoms with van der Waals surface area (Å²) < 4.78 is 29.7. The van der Waals surface area contributed by atoms with E-state index in [9.17, 15) is 13.2 Å². The summed E-state index contributed by atoms with van der Waals surface area (Å²) >= 11 is 6.01. The van der Waals surface area contributed by atoms with E-state index in [1.807, 2.05) is 24.3 Å². The summed E-state index contributed by atoms with van der Waals surface area (Å²) in [6, 6.07) is 22.2. The number of nitrogens with zero attached hydrogens (tertiary/aromatic N) is 2. The zero-order valence-corrected chi connectivity index (χ0v) is 18.5. The van der Waals surface area contributed by atoms with Gasteiger partial charge in [-0.05, 0) is 54.6 Å². The van der Waals surface area contributed by atoms with E-state index in [2.05, 4.69) is 0 Å². The number of ether oxygens (including phenoxy) is 1. The minimum Gasteiger partial charge on any atom is -0.465 e. The van der Waals surface area contributed by atoms with Crippen LogP contribution < -0.4 is 5.14 Å². The molecule has 1 aromatic heterocycles. The van der Waals surface area contributed by atoms with Gasteiger partial charge in [0.2, 0.25) is 10.0 Å². The minimum atomic E-state index is -3.82. The number of benzene rings is 3. The van der Waals surface area contributed by atoms with E-state index in [1.165, 1.54) is 19.2 Å². The van der Waals surface area contributed by atoms with E-state index in [-0.39, 0.29) is 4.90 Å². The maximum atomic E-state index is 12.0. The second kappa shape index (κ2) is 8.58. The van der Waals surface area contributed by atoms with Gasteiger partial charge in [0.25, 0.3) is 0 Å². The van der Waals surface area contributed by atoms with Crippen molar-refractivity contribution in [1.82, 2.24) is 9.78 Å². The van der Waals surface area contributed by atoms with Gasteiger partial charge in [0.05, 0.1) is 34.6 Å². The van der Waals surface area contributed by atoms with Gasteiger partial charge < -0.3 is 4.74 Å². The fourth-order valence-corrected chi connectivity index (χ4v) is 3.89. The molecular formula is C23H18ClN3O4S. The lowest BCUT2D eigenvalue weighted by molar-refractivity contribution is 0.0600. The Bertz CT molecular complexity index is 1400. The third-order valence-electron chi connectivity index (χ3n) is 4.84. The molecule has 32 heavy (non-hydrogen) atoms. The van der Waals surface area contributed by atoms with Crippen molar-refractivity contribution in [3.8, 4) is 28.2 Å². The number of rotatable bonds is 5. The zero-order chi connectivity index (χ0) is 22.9. The fourth-order valence-electron chi connectivity index (χ4n) is 3.25. The highest BCUT2D eigenvalue weighted by atomic mass is 35.5. The van der Waals surface area contributed by atoms with Crippen molar-refractivity contribution in [2.45, 2.75) is 4.90 Å². The van der Waals surface area contributed by atoms with Gasteiger partial charge in [0.15, 0.2) is 0 Å². The summed E-state index contributed by atoms with van der Waals surface area (Å²) in [6.07, 6.45) is 0. The lowest BCUT2D eigenvalue weighted by Gasteiger charge is -2.09. The highest BCUT2D eigenvalue weighted by Gasteiger charge is 2.16. The molecule has 3 aromatic carbocycles. The molecule has 4 aromatic rings. The van der Waals surface area contributed by atoms with Crippen molar-refractivity contribution in [1.29, 1.82) is 0 Å². The van der Waals surface area contributed by atoms with Gasteiger partial charge in [-0.15, -0.1) is 0 Å². The number of sulfonamides is 1. The first-order valence-electron chi connectivity index (χ1n) is 9.44. The number of nitrogens with two attached hydrogens (primary N) is 1. The Morgan fingerprint density at radius 3 is 2.28 bits per heavy atom. The van der Waals surface area contributed by atoms with Crippen LogP contribution in [0.5, 0.6) is 0 Å².